The first-order valence-electron chi connectivity index (χ1n) is 6.44. The van der Waals surface area contributed by atoms with Crippen molar-refractivity contribution in [3.8, 4) is 0 Å². The smallest absolute Gasteiger partial charge is 0.338 e. The van der Waals surface area contributed by atoms with Crippen LogP contribution in [0.25, 0.3) is 0 Å². The van der Waals surface area contributed by atoms with E-state index in [1.807, 2.05) is 6.92 Å². The summed E-state index contributed by atoms with van der Waals surface area (Å²) in [4.78, 5) is 23.4. The summed E-state index contributed by atoms with van der Waals surface area (Å²) in [5.74, 6) is -1.67. The van der Waals surface area contributed by atoms with Crippen molar-refractivity contribution in [2.75, 3.05) is 11.9 Å². The maximum absolute atomic E-state index is 12.7. The van der Waals surface area contributed by atoms with Gasteiger partial charge in [0.2, 0.25) is 0 Å². The van der Waals surface area contributed by atoms with Gasteiger partial charge in [-0.05, 0) is 48.9 Å². The van der Waals surface area contributed by atoms with Crippen LogP contribution < -0.4 is 5.32 Å². The van der Waals surface area contributed by atoms with E-state index in [2.05, 4.69) is 5.32 Å². The fourth-order valence-corrected chi connectivity index (χ4v) is 1.99. The molecule has 0 bridgehead atoms. The molecule has 0 aromatic heterocycles. The van der Waals surface area contributed by atoms with Crippen LogP contribution in [0, 0.1) is 12.7 Å². The van der Waals surface area contributed by atoms with E-state index in [0.717, 1.165) is 17.7 Å². The lowest BCUT2D eigenvalue weighted by Crippen LogP contribution is -2.21. The van der Waals surface area contributed by atoms with Crippen LogP contribution in [0.2, 0.25) is 5.02 Å². The third kappa shape index (κ3) is 4.30. The molecule has 4 nitrogen and oxygen atoms in total. The highest BCUT2D eigenvalue weighted by Crippen LogP contribution is 2.22. The zero-order valence-electron chi connectivity index (χ0n) is 11.7. The number of carbonyl (C=O) groups excluding carboxylic acids is 2. The second-order valence-corrected chi connectivity index (χ2v) is 5.02. The van der Waals surface area contributed by atoms with Crippen LogP contribution in [0.1, 0.15) is 15.9 Å². The Morgan fingerprint density at radius 2 is 1.86 bits per heavy atom. The summed E-state index contributed by atoms with van der Waals surface area (Å²) in [6.45, 7) is 1.42. The number of rotatable bonds is 4. The number of benzene rings is 2. The Kier molecular flexibility index (Phi) is 5.12. The van der Waals surface area contributed by atoms with Crippen LogP contribution in [-0.4, -0.2) is 18.5 Å². The summed E-state index contributed by atoms with van der Waals surface area (Å²) in [5, 5.41) is 2.95. The Morgan fingerprint density at radius 3 is 2.50 bits per heavy atom. The van der Waals surface area contributed by atoms with Crippen LogP contribution in [0.5, 0.6) is 0 Å². The summed E-state index contributed by atoms with van der Waals surface area (Å²) in [5.41, 5.74) is 1.57. The van der Waals surface area contributed by atoms with E-state index >= 15 is 0 Å². The number of nitrogens with one attached hydrogen (secondary N) is 1. The van der Waals surface area contributed by atoms with Crippen molar-refractivity contribution in [3.05, 3.63) is 64.4 Å². The lowest BCUT2D eigenvalue weighted by Gasteiger charge is -2.08. The summed E-state index contributed by atoms with van der Waals surface area (Å²) in [6, 6.07) is 10.0. The number of hydrogen-bond donors (Lipinski definition) is 1. The topological polar surface area (TPSA) is 55.4 Å². The van der Waals surface area contributed by atoms with Crippen molar-refractivity contribution < 1.29 is 18.7 Å². The zero-order chi connectivity index (χ0) is 16.1. The maximum Gasteiger partial charge on any atom is 0.338 e. The first kappa shape index (κ1) is 16.0. The summed E-state index contributed by atoms with van der Waals surface area (Å²) in [6.07, 6.45) is 0. The maximum atomic E-state index is 12.7. The molecular formula is C16H13ClFNO3. The molecule has 114 valence electrons. The quantitative estimate of drug-likeness (QED) is 0.876. The molecule has 0 aliphatic heterocycles. The fourth-order valence-electron chi connectivity index (χ4n) is 1.71. The molecule has 0 heterocycles. The molecule has 0 fully saturated rings. The summed E-state index contributed by atoms with van der Waals surface area (Å²) in [7, 11) is 0. The number of esters is 1. The average Bonchev–Trinajstić information content (AvgIpc) is 2.48. The molecule has 0 saturated heterocycles. The Labute approximate surface area is 131 Å². The van der Waals surface area contributed by atoms with Gasteiger partial charge >= 0.3 is 5.97 Å². The minimum absolute atomic E-state index is 0.169. The van der Waals surface area contributed by atoms with Gasteiger partial charge in [-0.1, -0.05) is 17.7 Å². The molecule has 0 atom stereocenters. The van der Waals surface area contributed by atoms with Gasteiger partial charge < -0.3 is 10.1 Å². The lowest BCUT2D eigenvalue weighted by atomic mass is 10.2. The van der Waals surface area contributed by atoms with Crippen LogP contribution in [0.4, 0.5) is 10.1 Å². The largest absolute Gasteiger partial charge is 0.452 e. The molecular weight excluding hydrogens is 309 g/mol. The highest BCUT2D eigenvalue weighted by molar-refractivity contribution is 6.33. The number of aryl methyl sites for hydroxylation is 1. The number of amides is 1. The SMILES string of the molecule is Cc1ccc(NC(=O)COC(=O)c2ccc(F)cc2)c(Cl)c1. The number of hydrogen-bond acceptors (Lipinski definition) is 3. The standard InChI is InChI=1S/C16H13ClFNO3/c1-10-2-7-14(13(17)8-10)19-15(20)9-22-16(21)11-3-5-12(18)6-4-11/h2-8H,9H2,1H3,(H,19,20). The van der Waals surface area contributed by atoms with E-state index in [4.69, 9.17) is 16.3 Å². The van der Waals surface area contributed by atoms with Crippen LogP contribution in [-0.2, 0) is 9.53 Å². The van der Waals surface area contributed by atoms with Crippen molar-refractivity contribution >= 4 is 29.2 Å². The predicted octanol–water partition coefficient (Wildman–Crippen LogP) is 3.58. The predicted molar refractivity (Wildman–Crippen MR) is 81.5 cm³/mol. The van der Waals surface area contributed by atoms with E-state index in [1.54, 1.807) is 18.2 Å². The van der Waals surface area contributed by atoms with E-state index < -0.39 is 24.3 Å². The molecule has 2 aromatic carbocycles. The van der Waals surface area contributed by atoms with Crippen LogP contribution >= 0.6 is 11.6 Å². The second-order valence-electron chi connectivity index (χ2n) is 4.61. The van der Waals surface area contributed by atoms with Gasteiger partial charge in [-0.15, -0.1) is 0 Å². The molecule has 0 unspecified atom stereocenters. The third-order valence-corrected chi connectivity index (χ3v) is 3.13. The first-order chi connectivity index (χ1) is 10.5. The van der Waals surface area contributed by atoms with Gasteiger partial charge in [0.25, 0.3) is 5.91 Å². The molecule has 0 spiro atoms. The molecule has 6 heteroatoms. The van der Waals surface area contributed by atoms with Crippen molar-refractivity contribution in [2.45, 2.75) is 6.92 Å². The molecule has 1 N–H and O–H groups in total. The molecule has 2 rings (SSSR count). The monoisotopic (exact) mass is 321 g/mol. The summed E-state index contributed by atoms with van der Waals surface area (Å²) >= 11 is 5.99. The van der Waals surface area contributed by atoms with Gasteiger partial charge in [0.1, 0.15) is 5.82 Å². The van der Waals surface area contributed by atoms with E-state index in [9.17, 15) is 14.0 Å². The molecule has 0 aliphatic rings. The van der Waals surface area contributed by atoms with Gasteiger partial charge in [-0.3, -0.25) is 4.79 Å². The van der Waals surface area contributed by atoms with Crippen LogP contribution in [0.3, 0.4) is 0 Å². The van der Waals surface area contributed by atoms with E-state index in [0.29, 0.717) is 10.7 Å². The summed E-state index contributed by atoms with van der Waals surface area (Å²) < 4.78 is 17.6. The van der Waals surface area contributed by atoms with Gasteiger partial charge in [0, 0.05) is 0 Å². The fraction of sp³-hybridized carbons (Fsp3) is 0.125. The average molecular weight is 322 g/mol. The van der Waals surface area contributed by atoms with Crippen molar-refractivity contribution in [2.24, 2.45) is 0 Å². The molecule has 0 radical (unpaired) electrons. The second kappa shape index (κ2) is 7.04. The highest BCUT2D eigenvalue weighted by atomic mass is 35.5. The molecule has 0 aliphatic carbocycles. The molecule has 0 saturated carbocycles. The number of halogens is 2. The van der Waals surface area contributed by atoms with E-state index in [1.165, 1.54) is 12.1 Å². The Bertz CT molecular complexity index is 701. The van der Waals surface area contributed by atoms with Crippen molar-refractivity contribution in [3.63, 3.8) is 0 Å². The minimum Gasteiger partial charge on any atom is -0.452 e. The Balaban J connectivity index is 1.89. The number of carbonyl (C=O) groups is 2. The van der Waals surface area contributed by atoms with E-state index in [-0.39, 0.29) is 5.56 Å². The van der Waals surface area contributed by atoms with Gasteiger partial charge in [-0.25, -0.2) is 9.18 Å². The number of anilines is 1. The minimum atomic E-state index is -0.704. The number of ether oxygens (including phenoxy) is 1. The van der Waals surface area contributed by atoms with Crippen molar-refractivity contribution in [1.82, 2.24) is 0 Å². The molecule has 22 heavy (non-hydrogen) atoms. The third-order valence-electron chi connectivity index (χ3n) is 2.81. The molecule has 1 amide bonds. The Hall–Kier alpha value is -2.40. The van der Waals surface area contributed by atoms with Gasteiger partial charge in [-0.2, -0.15) is 0 Å². The van der Waals surface area contributed by atoms with Gasteiger partial charge in [0.05, 0.1) is 16.3 Å². The zero-order valence-corrected chi connectivity index (χ0v) is 12.5. The lowest BCUT2D eigenvalue weighted by molar-refractivity contribution is -0.119. The normalized spacial score (nSPS) is 10.1. The highest BCUT2D eigenvalue weighted by Gasteiger charge is 2.11. The Morgan fingerprint density at radius 1 is 1.18 bits per heavy atom. The molecule has 2 aromatic rings. The van der Waals surface area contributed by atoms with Crippen molar-refractivity contribution in [1.29, 1.82) is 0 Å². The first-order valence-corrected chi connectivity index (χ1v) is 6.82. The van der Waals surface area contributed by atoms with Gasteiger partial charge in [0.15, 0.2) is 6.61 Å². The van der Waals surface area contributed by atoms with Crippen LogP contribution in [0.15, 0.2) is 42.5 Å².